The Morgan fingerprint density at radius 1 is 1.42 bits per heavy atom. The molecule has 0 heterocycles. The third kappa shape index (κ3) is 6.59. The number of carbonyl (C=O) groups excluding carboxylic acids is 1. The normalized spacial score (nSPS) is 24.7. The number of carbonyl (C=O) groups is 1. The van der Waals surface area contributed by atoms with E-state index in [0.717, 1.165) is 18.8 Å². The fourth-order valence-electron chi connectivity index (χ4n) is 2.72. The van der Waals surface area contributed by atoms with Crippen LogP contribution in [0.15, 0.2) is 0 Å². The zero-order chi connectivity index (χ0) is 13.5. The first-order chi connectivity index (χ1) is 8.56. The quantitative estimate of drug-likeness (QED) is 0.788. The minimum absolute atomic E-state index is 0. The Hall–Kier alpha value is -0.320. The van der Waals surface area contributed by atoms with E-state index < -0.39 is 0 Å². The summed E-state index contributed by atoms with van der Waals surface area (Å²) in [5, 5.41) is 3.13. The van der Waals surface area contributed by atoms with Crippen LogP contribution in [0.2, 0.25) is 0 Å². The summed E-state index contributed by atoms with van der Waals surface area (Å²) in [5.74, 6) is 1.53. The molecular formula is C14H29ClN2O2. The second-order valence-electron chi connectivity index (χ2n) is 5.73. The van der Waals surface area contributed by atoms with E-state index in [0.29, 0.717) is 24.9 Å². The Morgan fingerprint density at radius 2 is 2.11 bits per heavy atom. The van der Waals surface area contributed by atoms with Gasteiger partial charge in [0.1, 0.15) is 0 Å². The number of halogens is 1. The number of nitrogens with two attached hydrogens (primary N) is 1. The van der Waals surface area contributed by atoms with Gasteiger partial charge >= 0.3 is 0 Å². The minimum atomic E-state index is -0.158. The number of amides is 1. The third-order valence-corrected chi connectivity index (χ3v) is 4.03. The van der Waals surface area contributed by atoms with Gasteiger partial charge in [-0.15, -0.1) is 12.4 Å². The van der Waals surface area contributed by atoms with Crippen LogP contribution in [-0.4, -0.2) is 31.7 Å². The van der Waals surface area contributed by atoms with Crippen LogP contribution in [0.3, 0.4) is 0 Å². The highest BCUT2D eigenvalue weighted by Gasteiger charge is 2.25. The van der Waals surface area contributed by atoms with Gasteiger partial charge in [0.15, 0.2) is 0 Å². The van der Waals surface area contributed by atoms with Crippen LogP contribution in [0.5, 0.6) is 0 Å². The van der Waals surface area contributed by atoms with Crippen molar-refractivity contribution in [2.75, 3.05) is 13.7 Å². The molecule has 1 amide bonds. The van der Waals surface area contributed by atoms with E-state index in [4.69, 9.17) is 10.5 Å². The van der Waals surface area contributed by atoms with Gasteiger partial charge < -0.3 is 15.8 Å². The van der Waals surface area contributed by atoms with Gasteiger partial charge in [-0.3, -0.25) is 4.79 Å². The lowest BCUT2D eigenvalue weighted by Crippen LogP contribution is -2.41. The number of hydrogen-bond acceptors (Lipinski definition) is 3. The van der Waals surface area contributed by atoms with Gasteiger partial charge in [0.2, 0.25) is 5.91 Å². The minimum Gasteiger partial charge on any atom is -0.380 e. The second kappa shape index (κ2) is 9.56. The number of hydrogen-bond donors (Lipinski definition) is 2. The molecule has 1 saturated carbocycles. The van der Waals surface area contributed by atoms with Crippen molar-refractivity contribution in [1.29, 1.82) is 0 Å². The first-order valence-corrected chi connectivity index (χ1v) is 7.09. The molecule has 3 unspecified atom stereocenters. The lowest BCUT2D eigenvalue weighted by atomic mass is 9.79. The van der Waals surface area contributed by atoms with E-state index in [9.17, 15) is 4.79 Å². The lowest BCUT2D eigenvalue weighted by Gasteiger charge is -2.32. The Kier molecular flexibility index (Phi) is 9.40. The van der Waals surface area contributed by atoms with Crippen molar-refractivity contribution in [3.05, 3.63) is 0 Å². The molecule has 0 saturated heterocycles. The van der Waals surface area contributed by atoms with Crippen LogP contribution in [0.25, 0.3) is 0 Å². The van der Waals surface area contributed by atoms with Gasteiger partial charge in [0.25, 0.3) is 0 Å². The largest absolute Gasteiger partial charge is 0.380 e. The highest BCUT2D eigenvalue weighted by molar-refractivity contribution is 5.85. The van der Waals surface area contributed by atoms with E-state index in [1.54, 1.807) is 7.11 Å². The molecule has 114 valence electrons. The monoisotopic (exact) mass is 292 g/mol. The molecule has 3 atom stereocenters. The molecule has 0 radical (unpaired) electrons. The van der Waals surface area contributed by atoms with Crippen molar-refractivity contribution in [2.45, 2.75) is 58.1 Å². The molecule has 1 rings (SSSR count). The first-order valence-electron chi connectivity index (χ1n) is 7.09. The maximum Gasteiger partial charge on any atom is 0.222 e. The maximum absolute atomic E-state index is 11.9. The summed E-state index contributed by atoms with van der Waals surface area (Å²) in [7, 11) is 1.60. The molecule has 1 aliphatic rings. The van der Waals surface area contributed by atoms with Crippen molar-refractivity contribution in [3.8, 4) is 0 Å². The Morgan fingerprint density at radius 3 is 2.63 bits per heavy atom. The van der Waals surface area contributed by atoms with Crippen LogP contribution < -0.4 is 11.1 Å². The van der Waals surface area contributed by atoms with Gasteiger partial charge in [0.05, 0.1) is 12.5 Å². The first kappa shape index (κ1) is 18.7. The van der Waals surface area contributed by atoms with E-state index in [1.165, 1.54) is 12.8 Å². The molecule has 1 fully saturated rings. The fourth-order valence-corrected chi connectivity index (χ4v) is 2.72. The zero-order valence-electron chi connectivity index (χ0n) is 12.4. The molecule has 0 aromatic rings. The third-order valence-electron chi connectivity index (χ3n) is 4.03. The fraction of sp³-hybridized carbons (Fsp3) is 0.929. The van der Waals surface area contributed by atoms with Gasteiger partial charge in [-0.2, -0.15) is 0 Å². The molecule has 3 N–H and O–H groups in total. The summed E-state index contributed by atoms with van der Waals surface area (Å²) in [5.41, 5.74) is 5.52. The standard InChI is InChI=1S/C14H28N2O2.ClH/c1-10(2)11-5-4-6-12(7-11)16-14(17)8-13(9-15)18-3;/h10-13H,4-9,15H2,1-3H3,(H,16,17);1H. The second-order valence-corrected chi connectivity index (χ2v) is 5.73. The maximum atomic E-state index is 11.9. The Bertz CT molecular complexity index is 258. The summed E-state index contributed by atoms with van der Waals surface area (Å²) >= 11 is 0. The van der Waals surface area contributed by atoms with Crippen molar-refractivity contribution in [1.82, 2.24) is 5.32 Å². The van der Waals surface area contributed by atoms with Gasteiger partial charge in [0, 0.05) is 19.7 Å². The zero-order valence-corrected chi connectivity index (χ0v) is 13.2. The van der Waals surface area contributed by atoms with Crippen LogP contribution >= 0.6 is 12.4 Å². The summed E-state index contributed by atoms with van der Waals surface area (Å²) in [6, 6.07) is 0.342. The lowest BCUT2D eigenvalue weighted by molar-refractivity contribution is -0.124. The predicted molar refractivity (Wildman–Crippen MR) is 80.4 cm³/mol. The molecule has 4 nitrogen and oxygen atoms in total. The summed E-state index contributed by atoms with van der Waals surface area (Å²) < 4.78 is 5.13. The van der Waals surface area contributed by atoms with Crippen molar-refractivity contribution in [3.63, 3.8) is 0 Å². The summed E-state index contributed by atoms with van der Waals surface area (Å²) in [6.45, 7) is 4.93. The van der Waals surface area contributed by atoms with Crippen molar-refractivity contribution >= 4 is 18.3 Å². The highest BCUT2D eigenvalue weighted by atomic mass is 35.5. The van der Waals surface area contributed by atoms with E-state index in [2.05, 4.69) is 19.2 Å². The van der Waals surface area contributed by atoms with Gasteiger partial charge in [-0.1, -0.05) is 26.7 Å². The highest BCUT2D eigenvalue weighted by Crippen LogP contribution is 2.29. The van der Waals surface area contributed by atoms with Crippen molar-refractivity contribution < 1.29 is 9.53 Å². The number of ether oxygens (including phenoxy) is 1. The topological polar surface area (TPSA) is 64.3 Å². The smallest absolute Gasteiger partial charge is 0.222 e. The molecule has 0 aromatic heterocycles. The molecule has 1 aliphatic carbocycles. The predicted octanol–water partition coefficient (Wildman–Crippen LogP) is 2.10. The Labute approximate surface area is 123 Å². The number of nitrogens with one attached hydrogen (secondary N) is 1. The summed E-state index contributed by atoms with van der Waals surface area (Å²) in [4.78, 5) is 11.9. The van der Waals surface area contributed by atoms with Gasteiger partial charge in [-0.25, -0.2) is 0 Å². The summed E-state index contributed by atoms with van der Waals surface area (Å²) in [6.07, 6.45) is 4.95. The molecule has 0 aromatic carbocycles. The molecule has 0 aliphatic heterocycles. The molecule has 0 spiro atoms. The molecule has 5 heteroatoms. The van der Waals surface area contributed by atoms with E-state index in [1.807, 2.05) is 0 Å². The van der Waals surface area contributed by atoms with E-state index in [-0.39, 0.29) is 24.4 Å². The Balaban J connectivity index is 0.00000324. The van der Waals surface area contributed by atoms with Crippen LogP contribution in [0.4, 0.5) is 0 Å². The van der Waals surface area contributed by atoms with E-state index >= 15 is 0 Å². The molecular weight excluding hydrogens is 264 g/mol. The van der Waals surface area contributed by atoms with Crippen LogP contribution in [0, 0.1) is 11.8 Å². The molecule has 0 bridgehead atoms. The SMILES string of the molecule is COC(CN)CC(=O)NC1CCCC(C(C)C)C1.Cl. The average molecular weight is 293 g/mol. The van der Waals surface area contributed by atoms with Crippen LogP contribution in [0.1, 0.15) is 46.0 Å². The van der Waals surface area contributed by atoms with Gasteiger partial charge in [-0.05, 0) is 24.7 Å². The molecule has 19 heavy (non-hydrogen) atoms. The average Bonchev–Trinajstić information content (AvgIpc) is 2.36. The van der Waals surface area contributed by atoms with Crippen molar-refractivity contribution in [2.24, 2.45) is 17.6 Å². The number of rotatable bonds is 6. The van der Waals surface area contributed by atoms with Crippen LogP contribution in [-0.2, 0) is 9.53 Å². The number of methoxy groups -OCH3 is 1.